The van der Waals surface area contributed by atoms with Gasteiger partial charge in [-0.25, -0.2) is 0 Å². The van der Waals surface area contributed by atoms with E-state index < -0.39 is 12.6 Å². The summed E-state index contributed by atoms with van der Waals surface area (Å²) in [5.41, 5.74) is 0.309. The van der Waals surface area contributed by atoms with E-state index in [2.05, 4.69) is 5.32 Å². The summed E-state index contributed by atoms with van der Waals surface area (Å²) in [6.45, 7) is -0.258. The summed E-state index contributed by atoms with van der Waals surface area (Å²) in [5.74, 6) is -1.20. The number of amides is 1. The minimum Gasteiger partial charge on any atom is -0.457 e. The second-order valence-electron chi connectivity index (χ2n) is 4.70. The molecule has 0 atom stereocenters. The molecule has 2 rings (SSSR count). The molecule has 0 aliphatic heterocycles. The zero-order chi connectivity index (χ0) is 17.5. The number of ketones is 1. The Morgan fingerprint density at radius 1 is 1.12 bits per heavy atom. The van der Waals surface area contributed by atoms with Crippen molar-refractivity contribution in [3.05, 3.63) is 56.2 Å². The van der Waals surface area contributed by atoms with Crippen molar-refractivity contribution in [1.82, 2.24) is 5.32 Å². The van der Waals surface area contributed by atoms with Gasteiger partial charge in [-0.2, -0.15) is 0 Å². The van der Waals surface area contributed by atoms with Crippen molar-refractivity contribution in [3.63, 3.8) is 0 Å². The smallest absolute Gasteiger partial charge is 0.308 e. The quantitative estimate of drug-likeness (QED) is 0.583. The Labute approximate surface area is 152 Å². The van der Waals surface area contributed by atoms with Gasteiger partial charge in [0.1, 0.15) is 0 Å². The molecule has 24 heavy (non-hydrogen) atoms. The van der Waals surface area contributed by atoms with Crippen molar-refractivity contribution in [2.24, 2.45) is 0 Å². The van der Waals surface area contributed by atoms with E-state index in [0.29, 0.717) is 15.5 Å². The third-order valence-corrected chi connectivity index (χ3v) is 4.57. The Bertz CT molecular complexity index is 747. The molecule has 0 radical (unpaired) electrons. The molecule has 0 bridgehead atoms. The van der Waals surface area contributed by atoms with Crippen LogP contribution < -0.4 is 5.32 Å². The number of benzene rings is 1. The van der Waals surface area contributed by atoms with E-state index in [0.717, 1.165) is 0 Å². The van der Waals surface area contributed by atoms with Gasteiger partial charge in [0.15, 0.2) is 12.4 Å². The molecule has 1 aromatic heterocycles. The molecule has 0 aliphatic rings. The maximum Gasteiger partial charge on any atom is 0.308 e. The molecule has 0 unspecified atom stereocenters. The van der Waals surface area contributed by atoms with Crippen LogP contribution in [0.4, 0.5) is 0 Å². The summed E-state index contributed by atoms with van der Waals surface area (Å²) >= 11 is 12.9. The summed E-state index contributed by atoms with van der Waals surface area (Å²) in [5, 5.41) is 4.99. The van der Waals surface area contributed by atoms with E-state index in [-0.39, 0.29) is 29.7 Å². The van der Waals surface area contributed by atoms with Crippen LogP contribution in [0.15, 0.2) is 35.7 Å². The molecule has 0 saturated heterocycles. The van der Waals surface area contributed by atoms with E-state index in [1.54, 1.807) is 17.5 Å². The van der Waals surface area contributed by atoms with Crippen LogP contribution in [0.5, 0.6) is 0 Å². The Kier molecular flexibility index (Phi) is 6.78. The van der Waals surface area contributed by atoms with E-state index >= 15 is 0 Å². The fourth-order valence-electron chi connectivity index (χ4n) is 1.74. The average molecular weight is 386 g/mol. The molecule has 1 amide bonds. The Morgan fingerprint density at radius 3 is 2.58 bits per heavy atom. The number of hydrogen-bond acceptors (Lipinski definition) is 5. The van der Waals surface area contributed by atoms with Gasteiger partial charge in [0, 0.05) is 12.1 Å². The summed E-state index contributed by atoms with van der Waals surface area (Å²) < 4.78 is 4.89. The lowest BCUT2D eigenvalue weighted by Crippen LogP contribution is -2.26. The van der Waals surface area contributed by atoms with Gasteiger partial charge in [0.05, 0.1) is 21.3 Å². The highest BCUT2D eigenvalue weighted by molar-refractivity contribution is 7.12. The van der Waals surface area contributed by atoms with Gasteiger partial charge in [0.2, 0.25) is 0 Å². The normalized spacial score (nSPS) is 10.2. The number of thiophene rings is 1. The monoisotopic (exact) mass is 385 g/mol. The minimum absolute atomic E-state index is 0.0221. The molecule has 0 saturated carbocycles. The molecule has 0 fully saturated rings. The Balaban J connectivity index is 1.71. The summed E-state index contributed by atoms with van der Waals surface area (Å²) in [6, 6.07) is 7.88. The Hall–Kier alpha value is -1.89. The molecular formula is C16H13Cl2NO4S. The first-order valence-corrected chi connectivity index (χ1v) is 8.56. The van der Waals surface area contributed by atoms with Gasteiger partial charge in [-0.1, -0.05) is 29.3 Å². The molecule has 0 aliphatic carbocycles. The van der Waals surface area contributed by atoms with Crippen LogP contribution in [0, 0.1) is 0 Å². The molecule has 5 nitrogen and oxygen atoms in total. The number of rotatable bonds is 7. The predicted octanol–water partition coefficient (Wildman–Crippen LogP) is 3.60. The van der Waals surface area contributed by atoms with E-state index in [1.807, 2.05) is 0 Å². The highest BCUT2D eigenvalue weighted by Gasteiger charge is 2.12. The van der Waals surface area contributed by atoms with Crippen molar-refractivity contribution in [2.75, 3.05) is 13.2 Å². The van der Waals surface area contributed by atoms with E-state index in [1.165, 1.54) is 29.5 Å². The van der Waals surface area contributed by atoms with E-state index in [9.17, 15) is 14.4 Å². The van der Waals surface area contributed by atoms with Crippen molar-refractivity contribution in [3.8, 4) is 0 Å². The third kappa shape index (κ3) is 5.33. The van der Waals surface area contributed by atoms with Crippen LogP contribution in [0.25, 0.3) is 0 Å². The van der Waals surface area contributed by atoms with Crippen molar-refractivity contribution in [1.29, 1.82) is 0 Å². The van der Waals surface area contributed by atoms with Crippen LogP contribution >= 0.6 is 34.5 Å². The molecule has 2 aromatic rings. The largest absolute Gasteiger partial charge is 0.457 e. The maximum absolute atomic E-state index is 11.9. The van der Waals surface area contributed by atoms with Gasteiger partial charge >= 0.3 is 5.97 Å². The fraction of sp³-hybridized carbons (Fsp3) is 0.188. The predicted molar refractivity (Wildman–Crippen MR) is 93.0 cm³/mol. The molecule has 8 heteroatoms. The van der Waals surface area contributed by atoms with Crippen LogP contribution in [0.3, 0.4) is 0 Å². The first kappa shape index (κ1) is 18.4. The third-order valence-electron chi connectivity index (χ3n) is 2.97. The number of ether oxygens (including phenoxy) is 1. The molecule has 1 heterocycles. The highest BCUT2D eigenvalue weighted by Crippen LogP contribution is 2.22. The van der Waals surface area contributed by atoms with Crippen molar-refractivity contribution < 1.29 is 19.1 Å². The number of nitrogens with one attached hydrogen (secondary N) is 1. The molecular weight excluding hydrogens is 373 g/mol. The molecule has 1 aromatic carbocycles. The number of carbonyl (C=O) groups excluding carboxylic acids is 3. The molecule has 0 spiro atoms. The van der Waals surface area contributed by atoms with Crippen LogP contribution in [-0.4, -0.2) is 30.8 Å². The zero-order valence-corrected chi connectivity index (χ0v) is 14.7. The second kappa shape index (κ2) is 8.82. The highest BCUT2D eigenvalue weighted by atomic mass is 35.5. The van der Waals surface area contributed by atoms with Crippen molar-refractivity contribution >= 4 is 52.2 Å². The van der Waals surface area contributed by atoms with Crippen molar-refractivity contribution in [2.45, 2.75) is 6.42 Å². The molecule has 126 valence electrons. The number of esters is 1. The number of carbonyl (C=O) groups is 3. The lowest BCUT2D eigenvalue weighted by Gasteiger charge is -2.06. The first-order valence-electron chi connectivity index (χ1n) is 6.93. The second-order valence-corrected chi connectivity index (χ2v) is 6.46. The van der Waals surface area contributed by atoms with Gasteiger partial charge < -0.3 is 10.1 Å². The molecule has 1 N–H and O–H groups in total. The lowest BCUT2D eigenvalue weighted by molar-refractivity contribution is -0.142. The SMILES string of the molecule is O=C(CCNC(=O)c1cccs1)OCC(=O)c1ccc(Cl)c(Cl)c1. The van der Waals surface area contributed by atoms with Gasteiger partial charge in [-0.05, 0) is 29.6 Å². The van der Waals surface area contributed by atoms with Crippen LogP contribution in [0.2, 0.25) is 10.0 Å². The van der Waals surface area contributed by atoms with Gasteiger partial charge in [-0.15, -0.1) is 11.3 Å². The zero-order valence-electron chi connectivity index (χ0n) is 12.4. The summed E-state index contributed by atoms with van der Waals surface area (Å²) in [7, 11) is 0. The number of halogens is 2. The topological polar surface area (TPSA) is 72.5 Å². The first-order chi connectivity index (χ1) is 11.5. The van der Waals surface area contributed by atoms with Gasteiger partial charge in [0.25, 0.3) is 5.91 Å². The average Bonchev–Trinajstić information content (AvgIpc) is 3.09. The maximum atomic E-state index is 11.9. The lowest BCUT2D eigenvalue weighted by atomic mass is 10.1. The minimum atomic E-state index is -0.574. The summed E-state index contributed by atoms with van der Waals surface area (Å²) in [4.78, 5) is 35.7. The standard InChI is InChI=1S/C16H13Cl2NO4S/c17-11-4-3-10(8-12(11)18)13(20)9-23-15(21)5-6-19-16(22)14-2-1-7-24-14/h1-4,7-8H,5-6,9H2,(H,19,22). The summed E-state index contributed by atoms with van der Waals surface area (Å²) in [6.07, 6.45) is -0.0221. The number of hydrogen-bond donors (Lipinski definition) is 1. The van der Waals surface area contributed by atoms with Gasteiger partial charge in [-0.3, -0.25) is 14.4 Å². The number of Topliss-reactive ketones (excluding diaryl/α,β-unsaturated/α-hetero) is 1. The fourth-order valence-corrected chi connectivity index (χ4v) is 2.68. The van der Waals surface area contributed by atoms with Crippen LogP contribution in [-0.2, 0) is 9.53 Å². The van der Waals surface area contributed by atoms with E-state index in [4.69, 9.17) is 27.9 Å². The van der Waals surface area contributed by atoms with Crippen LogP contribution in [0.1, 0.15) is 26.5 Å². The Morgan fingerprint density at radius 2 is 1.92 bits per heavy atom.